The van der Waals surface area contributed by atoms with E-state index < -0.39 is 10.7 Å². The van der Waals surface area contributed by atoms with Gasteiger partial charge >= 0.3 is 0 Å². The minimum absolute atomic E-state index is 0.0480. The smallest absolute Gasteiger partial charge is 0.274 e. The van der Waals surface area contributed by atoms with E-state index in [1.807, 2.05) is 0 Å². The number of hydrogen-bond acceptors (Lipinski definition) is 4. The van der Waals surface area contributed by atoms with Crippen LogP contribution in [0.3, 0.4) is 0 Å². The molecule has 0 spiro atoms. The first kappa shape index (κ1) is 12.9. The van der Waals surface area contributed by atoms with Gasteiger partial charge in [0.15, 0.2) is 0 Å². The summed E-state index contributed by atoms with van der Waals surface area (Å²) >= 11 is 0. The predicted octanol–water partition coefficient (Wildman–Crippen LogP) is 1.23. The summed E-state index contributed by atoms with van der Waals surface area (Å²) in [7, 11) is 3.16. The quantitative estimate of drug-likeness (QED) is 0.635. The first-order chi connectivity index (χ1) is 7.90. The minimum atomic E-state index is -0.723. The lowest BCUT2D eigenvalue weighted by atomic mass is 10.2. The molecule has 17 heavy (non-hydrogen) atoms. The first-order valence-corrected chi connectivity index (χ1v) is 4.79. The van der Waals surface area contributed by atoms with Gasteiger partial charge in [-0.1, -0.05) is 0 Å². The molecule has 92 valence electrons. The molecule has 0 saturated carbocycles. The van der Waals surface area contributed by atoms with Gasteiger partial charge in [0.25, 0.3) is 5.69 Å². The Morgan fingerprint density at radius 3 is 2.65 bits per heavy atom. The van der Waals surface area contributed by atoms with Crippen LogP contribution in [-0.4, -0.2) is 36.4 Å². The third-order valence-electron chi connectivity index (χ3n) is 2.04. The van der Waals surface area contributed by atoms with Crippen molar-refractivity contribution in [1.82, 2.24) is 4.90 Å². The zero-order valence-corrected chi connectivity index (χ0v) is 9.44. The minimum Gasteiger partial charge on any atom is -0.376 e. The van der Waals surface area contributed by atoms with E-state index >= 15 is 0 Å². The summed E-state index contributed by atoms with van der Waals surface area (Å²) in [4.78, 5) is 22.4. The summed E-state index contributed by atoms with van der Waals surface area (Å²) in [5, 5.41) is 13.1. The maximum Gasteiger partial charge on any atom is 0.274 e. The van der Waals surface area contributed by atoms with Crippen molar-refractivity contribution in [3.63, 3.8) is 0 Å². The SMILES string of the molecule is CN(C)C(=O)CNc1cc(F)cc([N+](=O)[O-])c1. The molecule has 0 aliphatic heterocycles. The molecule has 0 bridgehead atoms. The molecule has 1 aromatic rings. The molecular formula is C10H12FN3O3. The van der Waals surface area contributed by atoms with Gasteiger partial charge in [-0.2, -0.15) is 0 Å². The molecule has 0 saturated heterocycles. The Hall–Kier alpha value is -2.18. The van der Waals surface area contributed by atoms with Crippen molar-refractivity contribution in [3.05, 3.63) is 34.1 Å². The molecule has 0 aromatic heterocycles. The Morgan fingerprint density at radius 2 is 2.12 bits per heavy atom. The summed E-state index contributed by atoms with van der Waals surface area (Å²) in [5.41, 5.74) is -0.156. The van der Waals surface area contributed by atoms with E-state index in [1.165, 1.54) is 11.0 Å². The van der Waals surface area contributed by atoms with Crippen molar-refractivity contribution in [3.8, 4) is 0 Å². The van der Waals surface area contributed by atoms with Crippen molar-refractivity contribution < 1.29 is 14.1 Å². The number of halogens is 1. The van der Waals surface area contributed by atoms with Crippen LogP contribution < -0.4 is 5.32 Å². The second-order valence-corrected chi connectivity index (χ2v) is 3.60. The number of nitro groups is 1. The fourth-order valence-electron chi connectivity index (χ4n) is 1.12. The van der Waals surface area contributed by atoms with E-state index in [-0.39, 0.29) is 23.8 Å². The number of non-ortho nitro benzene ring substituents is 1. The van der Waals surface area contributed by atoms with Gasteiger partial charge in [0.1, 0.15) is 5.82 Å². The number of carbonyl (C=O) groups is 1. The summed E-state index contributed by atoms with van der Waals surface area (Å²) < 4.78 is 13.0. The number of hydrogen-bond donors (Lipinski definition) is 1. The molecule has 1 amide bonds. The van der Waals surface area contributed by atoms with Crippen molar-refractivity contribution >= 4 is 17.3 Å². The van der Waals surface area contributed by atoms with Gasteiger partial charge in [0.2, 0.25) is 5.91 Å². The van der Waals surface area contributed by atoms with Crippen molar-refractivity contribution in [2.75, 3.05) is 26.0 Å². The highest BCUT2D eigenvalue weighted by molar-refractivity contribution is 5.80. The second kappa shape index (κ2) is 5.24. The van der Waals surface area contributed by atoms with Crippen LogP contribution in [-0.2, 0) is 4.79 Å². The van der Waals surface area contributed by atoms with E-state index in [9.17, 15) is 19.3 Å². The molecule has 0 atom stereocenters. The first-order valence-electron chi connectivity index (χ1n) is 4.79. The number of anilines is 1. The number of benzene rings is 1. The van der Waals surface area contributed by atoms with E-state index in [4.69, 9.17) is 0 Å². The Labute approximate surface area is 97.2 Å². The zero-order valence-electron chi connectivity index (χ0n) is 9.44. The molecule has 0 radical (unpaired) electrons. The van der Waals surface area contributed by atoms with Gasteiger partial charge in [-0.25, -0.2) is 4.39 Å². The number of amides is 1. The fraction of sp³-hybridized carbons (Fsp3) is 0.300. The average Bonchev–Trinajstić information content (AvgIpc) is 2.24. The van der Waals surface area contributed by atoms with Crippen LogP contribution in [0.1, 0.15) is 0 Å². The highest BCUT2D eigenvalue weighted by atomic mass is 19.1. The summed E-state index contributed by atoms with van der Waals surface area (Å²) in [6.45, 7) is -0.0480. The lowest BCUT2D eigenvalue weighted by Gasteiger charge is -2.11. The van der Waals surface area contributed by atoms with Crippen LogP contribution in [0, 0.1) is 15.9 Å². The summed E-state index contributed by atoms with van der Waals surface area (Å²) in [5.74, 6) is -0.934. The largest absolute Gasteiger partial charge is 0.376 e. The number of rotatable bonds is 4. The lowest BCUT2D eigenvalue weighted by molar-refractivity contribution is -0.385. The topological polar surface area (TPSA) is 75.5 Å². The standard InChI is InChI=1S/C10H12FN3O3/c1-13(2)10(15)6-12-8-3-7(11)4-9(5-8)14(16)17/h3-5,12H,6H2,1-2H3. The predicted molar refractivity (Wildman–Crippen MR) is 60.2 cm³/mol. The van der Waals surface area contributed by atoms with Crippen molar-refractivity contribution in [2.45, 2.75) is 0 Å². The van der Waals surface area contributed by atoms with Crippen LogP contribution in [0.5, 0.6) is 0 Å². The highest BCUT2D eigenvalue weighted by Crippen LogP contribution is 2.19. The number of likely N-dealkylation sites (N-methyl/N-ethyl adjacent to an activating group) is 1. The molecule has 0 aliphatic rings. The maximum absolute atomic E-state index is 13.0. The van der Waals surface area contributed by atoms with Crippen LogP contribution >= 0.6 is 0 Å². The van der Waals surface area contributed by atoms with Gasteiger partial charge in [-0.3, -0.25) is 14.9 Å². The number of carbonyl (C=O) groups excluding carboxylic acids is 1. The molecule has 0 unspecified atom stereocenters. The molecule has 1 aromatic carbocycles. The number of nitrogens with zero attached hydrogens (tertiary/aromatic N) is 2. The Balaban J connectivity index is 2.78. The maximum atomic E-state index is 13.0. The Bertz CT molecular complexity index is 448. The molecule has 0 fully saturated rings. The normalized spacial score (nSPS) is 9.82. The molecule has 0 aliphatic carbocycles. The summed E-state index contributed by atoms with van der Waals surface area (Å²) in [6, 6.07) is 3.08. The third kappa shape index (κ3) is 3.71. The monoisotopic (exact) mass is 241 g/mol. The van der Waals surface area contributed by atoms with Gasteiger partial charge in [0.05, 0.1) is 17.5 Å². The molecule has 7 heteroatoms. The number of nitro benzene ring substituents is 1. The molecular weight excluding hydrogens is 229 g/mol. The fourth-order valence-corrected chi connectivity index (χ4v) is 1.12. The lowest BCUT2D eigenvalue weighted by Crippen LogP contribution is -2.28. The van der Waals surface area contributed by atoms with Crippen LogP contribution in [0.2, 0.25) is 0 Å². The molecule has 6 nitrogen and oxygen atoms in total. The van der Waals surface area contributed by atoms with Crippen LogP contribution in [0.4, 0.5) is 15.8 Å². The van der Waals surface area contributed by atoms with Crippen LogP contribution in [0.25, 0.3) is 0 Å². The van der Waals surface area contributed by atoms with Crippen molar-refractivity contribution in [1.29, 1.82) is 0 Å². The Kier molecular flexibility index (Phi) is 3.97. The van der Waals surface area contributed by atoms with E-state index in [1.54, 1.807) is 14.1 Å². The molecule has 1 rings (SSSR count). The zero-order chi connectivity index (χ0) is 13.0. The second-order valence-electron chi connectivity index (χ2n) is 3.60. The highest BCUT2D eigenvalue weighted by Gasteiger charge is 2.10. The number of nitrogens with one attached hydrogen (secondary N) is 1. The summed E-state index contributed by atoms with van der Waals surface area (Å²) in [6.07, 6.45) is 0. The van der Waals surface area contributed by atoms with Gasteiger partial charge in [-0.05, 0) is 6.07 Å². The van der Waals surface area contributed by atoms with Gasteiger partial charge in [0, 0.05) is 25.8 Å². The van der Waals surface area contributed by atoms with Gasteiger partial charge < -0.3 is 10.2 Å². The average molecular weight is 241 g/mol. The van der Waals surface area contributed by atoms with Crippen LogP contribution in [0.15, 0.2) is 18.2 Å². The van der Waals surface area contributed by atoms with E-state index in [0.29, 0.717) is 0 Å². The third-order valence-corrected chi connectivity index (χ3v) is 2.04. The Morgan fingerprint density at radius 1 is 1.47 bits per heavy atom. The van der Waals surface area contributed by atoms with E-state index in [2.05, 4.69) is 5.32 Å². The molecule has 1 N–H and O–H groups in total. The van der Waals surface area contributed by atoms with Crippen molar-refractivity contribution in [2.24, 2.45) is 0 Å². The van der Waals surface area contributed by atoms with Gasteiger partial charge in [-0.15, -0.1) is 0 Å². The molecule has 0 heterocycles. The van der Waals surface area contributed by atoms with E-state index in [0.717, 1.165) is 12.1 Å².